The van der Waals surface area contributed by atoms with Gasteiger partial charge in [-0.15, -0.1) is 24.0 Å². The Morgan fingerprint density at radius 2 is 1.90 bits per heavy atom. The van der Waals surface area contributed by atoms with Gasteiger partial charge in [-0.3, -0.25) is 9.89 Å². The van der Waals surface area contributed by atoms with E-state index in [1.54, 1.807) is 7.11 Å². The molecule has 6 heteroatoms. The van der Waals surface area contributed by atoms with E-state index in [0.717, 1.165) is 44.5 Å². The summed E-state index contributed by atoms with van der Waals surface area (Å²) in [6, 6.07) is 9.05. The Morgan fingerprint density at radius 3 is 2.50 bits per heavy atom. The molecule has 2 aliphatic rings. The number of piperidine rings is 1. The first kappa shape index (κ1) is 25.4. The van der Waals surface area contributed by atoms with Crippen molar-refractivity contribution in [2.45, 2.75) is 58.5 Å². The number of benzene rings is 1. The fourth-order valence-corrected chi connectivity index (χ4v) is 4.64. The van der Waals surface area contributed by atoms with Gasteiger partial charge in [0.2, 0.25) is 0 Å². The van der Waals surface area contributed by atoms with E-state index in [4.69, 9.17) is 4.74 Å². The van der Waals surface area contributed by atoms with E-state index in [1.807, 2.05) is 7.05 Å². The van der Waals surface area contributed by atoms with E-state index in [-0.39, 0.29) is 24.0 Å². The summed E-state index contributed by atoms with van der Waals surface area (Å²) in [6.07, 6.45) is 7.76. The van der Waals surface area contributed by atoms with Crippen molar-refractivity contribution < 1.29 is 4.74 Å². The lowest BCUT2D eigenvalue weighted by Gasteiger charge is -2.42. The number of nitrogens with one attached hydrogen (secondary N) is 2. The minimum Gasteiger partial charge on any atom is -0.385 e. The van der Waals surface area contributed by atoms with Crippen molar-refractivity contribution in [3.63, 3.8) is 0 Å². The molecule has 170 valence electrons. The SMILES string of the molecule is CN=C(NCc1ccc(CN2CCCC(C)C2)cc1)NCC1(CCOC)CCC1.I. The Hall–Kier alpha value is -0.860. The Morgan fingerprint density at radius 1 is 1.17 bits per heavy atom. The van der Waals surface area contributed by atoms with Gasteiger partial charge in [0.05, 0.1) is 0 Å². The first-order chi connectivity index (χ1) is 14.1. The highest BCUT2D eigenvalue weighted by atomic mass is 127. The molecule has 1 saturated carbocycles. The molecule has 1 unspecified atom stereocenters. The highest BCUT2D eigenvalue weighted by molar-refractivity contribution is 14.0. The van der Waals surface area contributed by atoms with Gasteiger partial charge in [0.15, 0.2) is 5.96 Å². The molecule has 1 aliphatic carbocycles. The van der Waals surface area contributed by atoms with E-state index in [1.165, 1.54) is 56.3 Å². The van der Waals surface area contributed by atoms with Crippen LogP contribution in [0.1, 0.15) is 56.6 Å². The summed E-state index contributed by atoms with van der Waals surface area (Å²) in [5.74, 6) is 1.72. The molecular formula is C24H41IN4O. The average molecular weight is 529 g/mol. The summed E-state index contributed by atoms with van der Waals surface area (Å²) in [7, 11) is 3.64. The van der Waals surface area contributed by atoms with Crippen LogP contribution in [0.25, 0.3) is 0 Å². The molecule has 1 aromatic carbocycles. The summed E-state index contributed by atoms with van der Waals surface area (Å²) in [4.78, 5) is 6.99. The van der Waals surface area contributed by atoms with Crippen molar-refractivity contribution >= 4 is 29.9 Å². The van der Waals surface area contributed by atoms with Crippen LogP contribution in [0.5, 0.6) is 0 Å². The van der Waals surface area contributed by atoms with Crippen LogP contribution >= 0.6 is 24.0 Å². The van der Waals surface area contributed by atoms with Gasteiger partial charge in [-0.05, 0) is 61.1 Å². The lowest BCUT2D eigenvalue weighted by molar-refractivity contribution is 0.0732. The fraction of sp³-hybridized carbons (Fsp3) is 0.708. The van der Waals surface area contributed by atoms with E-state index < -0.39 is 0 Å². The molecule has 1 aromatic rings. The summed E-state index contributed by atoms with van der Waals surface area (Å²) < 4.78 is 5.30. The molecule has 2 N–H and O–H groups in total. The van der Waals surface area contributed by atoms with Gasteiger partial charge >= 0.3 is 0 Å². The molecule has 0 aromatic heterocycles. The number of halogens is 1. The number of nitrogens with zero attached hydrogens (tertiary/aromatic N) is 2. The predicted molar refractivity (Wildman–Crippen MR) is 137 cm³/mol. The molecule has 0 spiro atoms. The molecule has 30 heavy (non-hydrogen) atoms. The normalized spacial score (nSPS) is 21.4. The quantitative estimate of drug-likeness (QED) is 0.283. The summed E-state index contributed by atoms with van der Waals surface area (Å²) in [5.41, 5.74) is 3.10. The topological polar surface area (TPSA) is 48.9 Å². The van der Waals surface area contributed by atoms with Crippen molar-refractivity contribution in [3.8, 4) is 0 Å². The first-order valence-electron chi connectivity index (χ1n) is 11.4. The minimum atomic E-state index is 0. The maximum Gasteiger partial charge on any atom is 0.191 e. The van der Waals surface area contributed by atoms with Crippen LogP contribution in [-0.2, 0) is 17.8 Å². The van der Waals surface area contributed by atoms with Crippen LogP contribution in [0, 0.1) is 11.3 Å². The van der Waals surface area contributed by atoms with Crippen LogP contribution in [0.15, 0.2) is 29.3 Å². The highest BCUT2D eigenvalue weighted by Gasteiger charge is 2.36. The van der Waals surface area contributed by atoms with Gasteiger partial charge in [-0.1, -0.05) is 37.6 Å². The van der Waals surface area contributed by atoms with Gasteiger partial charge < -0.3 is 15.4 Å². The van der Waals surface area contributed by atoms with Gasteiger partial charge in [0, 0.05) is 46.9 Å². The zero-order chi connectivity index (χ0) is 20.5. The number of ether oxygens (including phenoxy) is 1. The highest BCUT2D eigenvalue weighted by Crippen LogP contribution is 2.43. The number of likely N-dealkylation sites (tertiary alicyclic amines) is 1. The number of hydrogen-bond donors (Lipinski definition) is 2. The van der Waals surface area contributed by atoms with Crippen LogP contribution < -0.4 is 10.6 Å². The number of guanidine groups is 1. The number of rotatable bonds is 9. The minimum absolute atomic E-state index is 0. The van der Waals surface area contributed by atoms with Crippen molar-refractivity contribution in [2.75, 3.05) is 40.4 Å². The van der Waals surface area contributed by atoms with Crippen LogP contribution in [0.2, 0.25) is 0 Å². The van der Waals surface area contributed by atoms with Gasteiger partial charge in [-0.2, -0.15) is 0 Å². The van der Waals surface area contributed by atoms with Gasteiger partial charge in [0.25, 0.3) is 0 Å². The third-order valence-corrected chi connectivity index (χ3v) is 6.74. The molecule has 0 bridgehead atoms. The largest absolute Gasteiger partial charge is 0.385 e. The predicted octanol–water partition coefficient (Wildman–Crippen LogP) is 4.41. The second-order valence-electron chi connectivity index (χ2n) is 9.17. The Bertz CT molecular complexity index is 645. The summed E-state index contributed by atoms with van der Waals surface area (Å²) in [5, 5.41) is 7.00. The molecule has 2 fully saturated rings. The molecule has 1 heterocycles. The second-order valence-corrected chi connectivity index (χ2v) is 9.17. The molecule has 0 radical (unpaired) electrons. The summed E-state index contributed by atoms with van der Waals surface area (Å²) in [6.45, 7) is 8.53. The number of hydrogen-bond acceptors (Lipinski definition) is 3. The molecule has 1 aliphatic heterocycles. The van der Waals surface area contributed by atoms with Gasteiger partial charge in [0.1, 0.15) is 0 Å². The van der Waals surface area contributed by atoms with E-state index in [9.17, 15) is 0 Å². The van der Waals surface area contributed by atoms with Crippen molar-refractivity contribution in [1.82, 2.24) is 15.5 Å². The van der Waals surface area contributed by atoms with E-state index in [2.05, 4.69) is 51.7 Å². The van der Waals surface area contributed by atoms with Crippen molar-refractivity contribution in [3.05, 3.63) is 35.4 Å². The third-order valence-electron chi connectivity index (χ3n) is 6.74. The molecular weight excluding hydrogens is 487 g/mol. The first-order valence-corrected chi connectivity index (χ1v) is 11.4. The van der Waals surface area contributed by atoms with Crippen molar-refractivity contribution in [2.24, 2.45) is 16.3 Å². The lowest BCUT2D eigenvalue weighted by Crippen LogP contribution is -2.46. The standard InChI is InChI=1S/C24H40N4O.HI/c1-20-6-4-14-28(17-20)18-22-9-7-21(8-10-22)16-26-23(25-2)27-19-24(11-5-12-24)13-15-29-3;/h7-10,20H,4-6,11-19H2,1-3H3,(H2,25,26,27);1H. The maximum absolute atomic E-state index is 5.30. The number of aliphatic imine (C=N–C) groups is 1. The Kier molecular flexibility index (Phi) is 10.9. The zero-order valence-corrected chi connectivity index (χ0v) is 21.4. The maximum atomic E-state index is 5.30. The van der Waals surface area contributed by atoms with Gasteiger partial charge in [-0.25, -0.2) is 0 Å². The van der Waals surface area contributed by atoms with Crippen LogP contribution in [0.3, 0.4) is 0 Å². The van der Waals surface area contributed by atoms with E-state index in [0.29, 0.717) is 5.41 Å². The zero-order valence-electron chi connectivity index (χ0n) is 19.1. The fourth-order valence-electron chi connectivity index (χ4n) is 4.64. The third kappa shape index (κ3) is 7.68. The number of methoxy groups -OCH3 is 1. The Balaban J connectivity index is 0.00000320. The van der Waals surface area contributed by atoms with E-state index >= 15 is 0 Å². The average Bonchev–Trinajstić information content (AvgIpc) is 2.70. The molecule has 5 nitrogen and oxygen atoms in total. The second kappa shape index (κ2) is 12.9. The van der Waals surface area contributed by atoms with Crippen LogP contribution in [-0.4, -0.2) is 51.3 Å². The Labute approximate surface area is 200 Å². The lowest BCUT2D eigenvalue weighted by atomic mass is 9.67. The summed E-state index contributed by atoms with van der Waals surface area (Å²) >= 11 is 0. The monoisotopic (exact) mass is 528 g/mol. The van der Waals surface area contributed by atoms with Crippen molar-refractivity contribution in [1.29, 1.82) is 0 Å². The molecule has 1 atom stereocenters. The van der Waals surface area contributed by atoms with Crippen LogP contribution in [0.4, 0.5) is 0 Å². The molecule has 0 amide bonds. The molecule has 1 saturated heterocycles. The smallest absolute Gasteiger partial charge is 0.191 e. The molecule has 3 rings (SSSR count).